The fraction of sp³-hybridized carbons (Fsp3) is 0.889. The van der Waals surface area contributed by atoms with Crippen LogP contribution >= 0.6 is 0 Å². The normalized spacial score (nSPS) is 30.6. The van der Waals surface area contributed by atoms with Crippen molar-refractivity contribution in [3.05, 3.63) is 0 Å². The van der Waals surface area contributed by atoms with Crippen molar-refractivity contribution in [1.29, 1.82) is 0 Å². The van der Waals surface area contributed by atoms with Crippen molar-refractivity contribution in [2.75, 3.05) is 33.0 Å². The van der Waals surface area contributed by atoms with Gasteiger partial charge >= 0.3 is 5.97 Å². The highest BCUT2D eigenvalue weighted by Gasteiger charge is 2.37. The van der Waals surface area contributed by atoms with Gasteiger partial charge in [0.1, 0.15) is 0 Å². The molecule has 3 aliphatic rings. The summed E-state index contributed by atoms with van der Waals surface area (Å²) in [6.07, 6.45) is 5.73. The first kappa shape index (κ1) is 18.6. The number of rotatable bonds is 6. The second-order valence-corrected chi connectivity index (χ2v) is 7.07. The minimum Gasteiger partial charge on any atom is -0.454 e. The highest BCUT2D eigenvalue weighted by molar-refractivity contribution is 5.82. The van der Waals surface area contributed by atoms with Crippen LogP contribution in [0.4, 0.5) is 0 Å². The van der Waals surface area contributed by atoms with Gasteiger partial charge in [0, 0.05) is 13.2 Å². The Morgan fingerprint density at radius 3 is 2.76 bits per heavy atom. The van der Waals surface area contributed by atoms with E-state index in [1.165, 1.54) is 0 Å². The largest absolute Gasteiger partial charge is 0.454 e. The quantitative estimate of drug-likeness (QED) is 0.668. The number of carbonyl (C=O) groups is 2. The van der Waals surface area contributed by atoms with E-state index in [-0.39, 0.29) is 30.8 Å². The SMILES string of the molecule is CC(OCC1CCCO1)C(=O)OCC(=O)N1CCOC2CCCCC21. The lowest BCUT2D eigenvalue weighted by Crippen LogP contribution is -2.55. The lowest BCUT2D eigenvalue weighted by atomic mass is 9.90. The summed E-state index contributed by atoms with van der Waals surface area (Å²) in [6.45, 7) is 3.69. The molecule has 1 saturated carbocycles. The summed E-state index contributed by atoms with van der Waals surface area (Å²) >= 11 is 0. The molecule has 7 heteroatoms. The minimum atomic E-state index is -0.691. The Labute approximate surface area is 148 Å². The first-order valence-corrected chi connectivity index (χ1v) is 9.46. The predicted octanol–water partition coefficient (Wildman–Crippen LogP) is 1.28. The number of hydrogen-bond acceptors (Lipinski definition) is 6. The molecule has 2 heterocycles. The highest BCUT2D eigenvalue weighted by Crippen LogP contribution is 2.28. The van der Waals surface area contributed by atoms with E-state index in [1.54, 1.807) is 6.92 Å². The fourth-order valence-electron chi connectivity index (χ4n) is 3.83. The van der Waals surface area contributed by atoms with Crippen molar-refractivity contribution >= 4 is 11.9 Å². The van der Waals surface area contributed by atoms with Crippen molar-refractivity contribution in [1.82, 2.24) is 4.90 Å². The van der Waals surface area contributed by atoms with Crippen LogP contribution in [0.25, 0.3) is 0 Å². The monoisotopic (exact) mass is 355 g/mol. The minimum absolute atomic E-state index is 0.0634. The molecule has 0 aromatic rings. The second kappa shape index (κ2) is 8.96. The van der Waals surface area contributed by atoms with Gasteiger partial charge in [-0.3, -0.25) is 4.79 Å². The Bertz CT molecular complexity index is 462. The summed E-state index contributed by atoms with van der Waals surface area (Å²) in [7, 11) is 0. The molecule has 0 aromatic carbocycles. The maximum atomic E-state index is 12.5. The van der Waals surface area contributed by atoms with Crippen molar-refractivity contribution in [2.24, 2.45) is 0 Å². The molecule has 3 rings (SSSR count). The first-order valence-electron chi connectivity index (χ1n) is 9.46. The summed E-state index contributed by atoms with van der Waals surface area (Å²) in [6, 6.07) is 0.127. The van der Waals surface area contributed by atoms with Crippen LogP contribution in [0.5, 0.6) is 0 Å². The van der Waals surface area contributed by atoms with Gasteiger partial charge in [-0.05, 0) is 32.6 Å². The average molecular weight is 355 g/mol. The molecular weight excluding hydrogens is 326 g/mol. The molecule has 1 amide bonds. The Kier molecular flexibility index (Phi) is 6.67. The average Bonchev–Trinajstić information content (AvgIpc) is 3.17. The number of hydrogen-bond donors (Lipinski definition) is 0. The molecule has 2 aliphatic heterocycles. The van der Waals surface area contributed by atoms with Gasteiger partial charge in [0.05, 0.1) is 31.5 Å². The zero-order chi connectivity index (χ0) is 17.6. The van der Waals surface area contributed by atoms with Crippen LogP contribution in [-0.4, -0.2) is 74.1 Å². The standard InChI is InChI=1S/C18H29NO6/c1-13(24-11-14-5-4-9-22-14)18(21)25-12-17(20)19-8-10-23-16-7-3-2-6-15(16)19/h13-16H,2-12H2,1H3. The van der Waals surface area contributed by atoms with E-state index in [0.717, 1.165) is 45.1 Å². The third kappa shape index (κ3) is 4.92. The van der Waals surface area contributed by atoms with Crippen molar-refractivity contribution in [2.45, 2.75) is 69.8 Å². The van der Waals surface area contributed by atoms with Crippen molar-refractivity contribution < 1.29 is 28.5 Å². The van der Waals surface area contributed by atoms with Crippen LogP contribution in [0, 0.1) is 0 Å². The molecule has 25 heavy (non-hydrogen) atoms. The van der Waals surface area contributed by atoms with Crippen LogP contribution in [-0.2, 0) is 28.5 Å². The van der Waals surface area contributed by atoms with Crippen LogP contribution in [0.3, 0.4) is 0 Å². The molecule has 1 aliphatic carbocycles. The van der Waals surface area contributed by atoms with Gasteiger partial charge in [-0.2, -0.15) is 0 Å². The number of carbonyl (C=O) groups excluding carboxylic acids is 2. The number of nitrogens with zero attached hydrogens (tertiary/aromatic N) is 1. The summed E-state index contributed by atoms with van der Waals surface area (Å²) in [5.41, 5.74) is 0. The van der Waals surface area contributed by atoms with Gasteiger partial charge in [0.15, 0.2) is 12.7 Å². The van der Waals surface area contributed by atoms with E-state index in [4.69, 9.17) is 18.9 Å². The van der Waals surface area contributed by atoms with Gasteiger partial charge in [0.25, 0.3) is 5.91 Å². The zero-order valence-corrected chi connectivity index (χ0v) is 15.0. The molecule has 0 radical (unpaired) electrons. The van der Waals surface area contributed by atoms with Crippen LogP contribution in [0.2, 0.25) is 0 Å². The highest BCUT2D eigenvalue weighted by atomic mass is 16.6. The van der Waals surface area contributed by atoms with Crippen LogP contribution in [0.15, 0.2) is 0 Å². The van der Waals surface area contributed by atoms with Crippen molar-refractivity contribution in [3.8, 4) is 0 Å². The number of ether oxygens (including phenoxy) is 4. The molecule has 0 bridgehead atoms. The number of fused-ring (bicyclic) bond motifs is 1. The summed E-state index contributed by atoms with van der Waals surface area (Å²) < 4.78 is 21.9. The predicted molar refractivity (Wildman–Crippen MR) is 89.1 cm³/mol. The van der Waals surface area contributed by atoms with Gasteiger partial charge in [-0.25, -0.2) is 4.79 Å². The number of esters is 1. The number of morpholine rings is 1. The Morgan fingerprint density at radius 2 is 1.96 bits per heavy atom. The summed E-state index contributed by atoms with van der Waals surface area (Å²) in [4.78, 5) is 26.3. The number of amides is 1. The molecule has 4 atom stereocenters. The van der Waals surface area contributed by atoms with E-state index in [0.29, 0.717) is 19.8 Å². The van der Waals surface area contributed by atoms with E-state index in [1.807, 2.05) is 4.90 Å². The van der Waals surface area contributed by atoms with Crippen molar-refractivity contribution in [3.63, 3.8) is 0 Å². The Balaban J connectivity index is 1.40. The Hall–Kier alpha value is -1.18. The lowest BCUT2D eigenvalue weighted by Gasteiger charge is -2.43. The molecular formula is C18H29NO6. The maximum Gasteiger partial charge on any atom is 0.335 e. The van der Waals surface area contributed by atoms with E-state index in [9.17, 15) is 9.59 Å². The molecule has 0 aromatic heterocycles. The van der Waals surface area contributed by atoms with E-state index in [2.05, 4.69) is 0 Å². The van der Waals surface area contributed by atoms with Gasteiger partial charge in [-0.15, -0.1) is 0 Å². The topological polar surface area (TPSA) is 74.3 Å². The third-order valence-corrected chi connectivity index (χ3v) is 5.28. The fourth-order valence-corrected chi connectivity index (χ4v) is 3.83. The van der Waals surface area contributed by atoms with Crippen LogP contribution < -0.4 is 0 Å². The van der Waals surface area contributed by atoms with Gasteiger partial charge in [-0.1, -0.05) is 12.8 Å². The van der Waals surface area contributed by atoms with Gasteiger partial charge in [0.2, 0.25) is 0 Å². The second-order valence-electron chi connectivity index (χ2n) is 7.07. The van der Waals surface area contributed by atoms with E-state index < -0.39 is 12.1 Å². The summed E-state index contributed by atoms with van der Waals surface area (Å²) in [5, 5.41) is 0. The molecule has 0 N–H and O–H groups in total. The summed E-state index contributed by atoms with van der Waals surface area (Å²) in [5.74, 6) is -0.639. The molecule has 4 unspecified atom stereocenters. The van der Waals surface area contributed by atoms with Gasteiger partial charge < -0.3 is 23.8 Å². The molecule has 142 valence electrons. The van der Waals surface area contributed by atoms with E-state index >= 15 is 0 Å². The maximum absolute atomic E-state index is 12.5. The Morgan fingerprint density at radius 1 is 1.12 bits per heavy atom. The zero-order valence-electron chi connectivity index (χ0n) is 15.0. The molecule has 2 saturated heterocycles. The smallest absolute Gasteiger partial charge is 0.335 e. The molecule has 3 fully saturated rings. The first-order chi connectivity index (χ1) is 12.1. The lowest BCUT2D eigenvalue weighted by molar-refractivity contribution is -0.167. The van der Waals surface area contributed by atoms with Crippen LogP contribution in [0.1, 0.15) is 45.4 Å². The molecule has 0 spiro atoms. The third-order valence-electron chi connectivity index (χ3n) is 5.28. The molecule has 7 nitrogen and oxygen atoms in total.